The van der Waals surface area contributed by atoms with E-state index >= 15 is 0 Å². The van der Waals surface area contributed by atoms with Crippen molar-refractivity contribution in [1.82, 2.24) is 4.90 Å². The third-order valence-electron chi connectivity index (χ3n) is 5.06. The second kappa shape index (κ2) is 7.28. The molecule has 1 aliphatic heterocycles. The maximum Gasteiger partial charge on any atom is 0.320 e. The van der Waals surface area contributed by atoms with E-state index in [2.05, 4.69) is 11.8 Å². The molecule has 1 saturated heterocycles. The van der Waals surface area contributed by atoms with Crippen molar-refractivity contribution in [2.24, 2.45) is 5.92 Å². The van der Waals surface area contributed by atoms with E-state index in [-0.39, 0.29) is 6.04 Å². The lowest BCUT2D eigenvalue weighted by Gasteiger charge is -2.47. The van der Waals surface area contributed by atoms with Gasteiger partial charge in [-0.2, -0.15) is 0 Å². The minimum absolute atomic E-state index is 0.207. The van der Waals surface area contributed by atoms with Gasteiger partial charge in [0.2, 0.25) is 0 Å². The molecule has 0 aromatic carbocycles. The van der Waals surface area contributed by atoms with E-state index in [1.807, 2.05) is 0 Å². The van der Waals surface area contributed by atoms with Crippen molar-refractivity contribution in [3.8, 4) is 0 Å². The number of unbranched alkanes of at least 4 members (excludes halogenated alkanes) is 3. The molecule has 1 N–H and O–H groups in total. The van der Waals surface area contributed by atoms with Crippen LogP contribution in [-0.4, -0.2) is 34.6 Å². The number of piperidine rings is 1. The van der Waals surface area contributed by atoms with Gasteiger partial charge in [0.25, 0.3) is 0 Å². The summed E-state index contributed by atoms with van der Waals surface area (Å²) in [6, 6.07) is 0.353. The minimum atomic E-state index is -0.598. The van der Waals surface area contributed by atoms with E-state index < -0.39 is 5.97 Å². The predicted octanol–water partition coefficient (Wildman–Crippen LogP) is 3.67. The van der Waals surface area contributed by atoms with Crippen LogP contribution in [0, 0.1) is 5.92 Å². The molecule has 0 aromatic rings. The number of hydrogen-bond acceptors (Lipinski definition) is 2. The van der Waals surface area contributed by atoms with E-state index in [0.29, 0.717) is 6.04 Å². The van der Waals surface area contributed by atoms with Crippen LogP contribution in [0.4, 0.5) is 0 Å². The Labute approximate surface area is 117 Å². The smallest absolute Gasteiger partial charge is 0.320 e. The summed E-state index contributed by atoms with van der Waals surface area (Å²) in [4.78, 5) is 13.8. The SMILES string of the molecule is CCCCCCN1C(C(=O)O)CCC2CCCCC21. The Morgan fingerprint density at radius 2 is 1.89 bits per heavy atom. The summed E-state index contributed by atoms with van der Waals surface area (Å²) in [5.41, 5.74) is 0. The van der Waals surface area contributed by atoms with Gasteiger partial charge in [-0.05, 0) is 44.6 Å². The fraction of sp³-hybridized carbons (Fsp3) is 0.938. The van der Waals surface area contributed by atoms with Crippen molar-refractivity contribution in [2.45, 2.75) is 83.2 Å². The molecular formula is C16H29NO2. The molecule has 3 heteroatoms. The minimum Gasteiger partial charge on any atom is -0.480 e. The number of carbonyl (C=O) groups is 1. The van der Waals surface area contributed by atoms with Gasteiger partial charge in [0.15, 0.2) is 0 Å². The highest BCUT2D eigenvalue weighted by Crippen LogP contribution is 2.38. The third-order valence-corrected chi connectivity index (χ3v) is 5.06. The highest BCUT2D eigenvalue weighted by atomic mass is 16.4. The van der Waals surface area contributed by atoms with Gasteiger partial charge in [-0.15, -0.1) is 0 Å². The van der Waals surface area contributed by atoms with Gasteiger partial charge in [-0.3, -0.25) is 9.69 Å². The largest absolute Gasteiger partial charge is 0.480 e. The number of carboxylic acids is 1. The molecule has 1 saturated carbocycles. The highest BCUT2D eigenvalue weighted by Gasteiger charge is 2.40. The molecule has 0 aromatic heterocycles. The Kier molecular flexibility index (Phi) is 5.68. The third kappa shape index (κ3) is 3.71. The summed E-state index contributed by atoms with van der Waals surface area (Å²) in [7, 11) is 0. The second-order valence-electron chi connectivity index (χ2n) is 6.34. The van der Waals surface area contributed by atoms with E-state index in [4.69, 9.17) is 0 Å². The first-order chi connectivity index (χ1) is 9.24. The molecule has 110 valence electrons. The van der Waals surface area contributed by atoms with Crippen molar-refractivity contribution in [1.29, 1.82) is 0 Å². The van der Waals surface area contributed by atoms with Crippen molar-refractivity contribution in [3.63, 3.8) is 0 Å². The number of fused-ring (bicyclic) bond motifs is 1. The van der Waals surface area contributed by atoms with Crippen LogP contribution in [0.1, 0.15) is 71.1 Å². The first-order valence-corrected chi connectivity index (χ1v) is 8.22. The molecule has 2 fully saturated rings. The second-order valence-corrected chi connectivity index (χ2v) is 6.34. The normalized spacial score (nSPS) is 31.9. The molecule has 2 aliphatic rings. The number of hydrogen-bond donors (Lipinski definition) is 1. The maximum atomic E-state index is 11.5. The first-order valence-electron chi connectivity index (χ1n) is 8.22. The molecule has 3 atom stereocenters. The summed E-state index contributed by atoms with van der Waals surface area (Å²) in [6.45, 7) is 3.22. The van der Waals surface area contributed by atoms with Gasteiger partial charge in [-0.25, -0.2) is 0 Å². The Morgan fingerprint density at radius 3 is 2.63 bits per heavy atom. The molecule has 0 radical (unpaired) electrons. The summed E-state index contributed by atoms with van der Waals surface area (Å²) in [5, 5.41) is 9.46. The number of likely N-dealkylation sites (tertiary alicyclic amines) is 1. The van der Waals surface area contributed by atoms with Crippen molar-refractivity contribution >= 4 is 5.97 Å². The van der Waals surface area contributed by atoms with Crippen molar-refractivity contribution in [2.75, 3.05) is 6.54 Å². The lowest BCUT2D eigenvalue weighted by Crippen LogP contribution is -2.55. The zero-order chi connectivity index (χ0) is 13.7. The van der Waals surface area contributed by atoms with Crippen LogP contribution in [0.5, 0.6) is 0 Å². The number of aliphatic carboxylic acids is 1. The summed E-state index contributed by atoms with van der Waals surface area (Å²) < 4.78 is 0. The van der Waals surface area contributed by atoms with Crippen LogP contribution in [0.2, 0.25) is 0 Å². The number of rotatable bonds is 6. The molecule has 0 amide bonds. The van der Waals surface area contributed by atoms with Gasteiger partial charge < -0.3 is 5.11 Å². The average molecular weight is 267 g/mol. The van der Waals surface area contributed by atoms with E-state index in [0.717, 1.165) is 25.3 Å². The predicted molar refractivity (Wildman–Crippen MR) is 77.3 cm³/mol. The molecule has 3 unspecified atom stereocenters. The average Bonchev–Trinajstić information content (AvgIpc) is 2.43. The molecule has 1 aliphatic carbocycles. The van der Waals surface area contributed by atoms with Gasteiger partial charge in [0, 0.05) is 6.04 Å². The Morgan fingerprint density at radius 1 is 1.11 bits per heavy atom. The van der Waals surface area contributed by atoms with Crippen LogP contribution in [0.3, 0.4) is 0 Å². The summed E-state index contributed by atoms with van der Waals surface area (Å²) >= 11 is 0. The molecule has 0 spiro atoms. The summed E-state index contributed by atoms with van der Waals surface area (Å²) in [6.07, 6.45) is 12.1. The monoisotopic (exact) mass is 267 g/mol. The highest BCUT2D eigenvalue weighted by molar-refractivity contribution is 5.73. The molecular weight excluding hydrogens is 238 g/mol. The topological polar surface area (TPSA) is 40.5 Å². The van der Waals surface area contributed by atoms with E-state index in [9.17, 15) is 9.90 Å². The zero-order valence-corrected chi connectivity index (χ0v) is 12.3. The molecule has 2 rings (SSSR count). The lowest BCUT2D eigenvalue weighted by molar-refractivity contribution is -0.148. The first kappa shape index (κ1) is 14.8. The van der Waals surface area contributed by atoms with Crippen LogP contribution >= 0.6 is 0 Å². The van der Waals surface area contributed by atoms with Crippen LogP contribution in [0.15, 0.2) is 0 Å². The zero-order valence-electron chi connectivity index (χ0n) is 12.3. The van der Waals surface area contributed by atoms with Gasteiger partial charge >= 0.3 is 5.97 Å². The number of carboxylic acid groups (broad SMARTS) is 1. The van der Waals surface area contributed by atoms with Gasteiger partial charge in [0.1, 0.15) is 6.04 Å². The lowest BCUT2D eigenvalue weighted by atomic mass is 9.76. The maximum absolute atomic E-state index is 11.5. The van der Waals surface area contributed by atoms with Crippen LogP contribution in [-0.2, 0) is 4.79 Å². The fourth-order valence-electron chi connectivity index (χ4n) is 4.04. The standard InChI is InChI=1S/C16H29NO2/c1-2-3-4-7-12-17-14-9-6-5-8-13(14)10-11-15(17)16(18)19/h13-15H,2-12H2,1H3,(H,18,19). The molecule has 1 heterocycles. The Hall–Kier alpha value is -0.570. The quantitative estimate of drug-likeness (QED) is 0.746. The summed E-state index contributed by atoms with van der Waals surface area (Å²) in [5.74, 6) is 0.176. The van der Waals surface area contributed by atoms with Crippen molar-refractivity contribution in [3.05, 3.63) is 0 Å². The number of nitrogens with zero attached hydrogens (tertiary/aromatic N) is 1. The van der Waals surface area contributed by atoms with E-state index in [1.165, 1.54) is 51.4 Å². The molecule has 0 bridgehead atoms. The van der Waals surface area contributed by atoms with Crippen molar-refractivity contribution < 1.29 is 9.90 Å². The Bertz CT molecular complexity index is 292. The van der Waals surface area contributed by atoms with Gasteiger partial charge in [-0.1, -0.05) is 39.0 Å². The molecule has 3 nitrogen and oxygen atoms in total. The van der Waals surface area contributed by atoms with Gasteiger partial charge in [0.05, 0.1) is 0 Å². The van der Waals surface area contributed by atoms with Crippen LogP contribution < -0.4 is 0 Å². The fourth-order valence-corrected chi connectivity index (χ4v) is 4.04. The van der Waals surface area contributed by atoms with Crippen LogP contribution in [0.25, 0.3) is 0 Å². The Balaban J connectivity index is 1.95. The van der Waals surface area contributed by atoms with E-state index in [1.54, 1.807) is 0 Å². The molecule has 19 heavy (non-hydrogen) atoms.